The number of carbonyl (C=O) groups is 1. The van der Waals surface area contributed by atoms with Gasteiger partial charge in [-0.05, 0) is 42.5 Å². The third-order valence-corrected chi connectivity index (χ3v) is 6.41. The van der Waals surface area contributed by atoms with Crippen LogP contribution >= 0.6 is 0 Å². The molecule has 1 fully saturated rings. The Balaban J connectivity index is 1.56. The molecule has 2 N–H and O–H groups in total. The minimum atomic E-state index is -3.64. The number of nitrogens with one attached hydrogen (secondary N) is 2. The standard InChI is InChI=1S/C19H19N3O4S/c23-19(21-16-4-5-18-14(12-16)6-7-20-18)15-2-1-3-17(13-15)27(24,25)22-8-10-26-11-9-22/h1-7,12-13,20H,8-11H2,(H,21,23). The molecule has 27 heavy (non-hydrogen) atoms. The quantitative estimate of drug-likeness (QED) is 0.722. The summed E-state index contributed by atoms with van der Waals surface area (Å²) >= 11 is 0. The zero-order valence-corrected chi connectivity index (χ0v) is 15.3. The molecule has 1 aliphatic heterocycles. The number of carbonyl (C=O) groups excluding carboxylic acids is 1. The lowest BCUT2D eigenvalue weighted by Gasteiger charge is -2.26. The Morgan fingerprint density at radius 1 is 1.07 bits per heavy atom. The van der Waals surface area contributed by atoms with Crippen molar-refractivity contribution in [2.24, 2.45) is 0 Å². The summed E-state index contributed by atoms with van der Waals surface area (Å²) in [5.41, 5.74) is 1.92. The van der Waals surface area contributed by atoms with Crippen molar-refractivity contribution in [3.63, 3.8) is 0 Å². The fraction of sp³-hybridized carbons (Fsp3) is 0.211. The maximum atomic E-state index is 12.8. The molecular formula is C19H19N3O4S. The highest BCUT2D eigenvalue weighted by molar-refractivity contribution is 7.89. The van der Waals surface area contributed by atoms with Crippen LogP contribution in [0.15, 0.2) is 59.6 Å². The number of hydrogen-bond acceptors (Lipinski definition) is 4. The van der Waals surface area contributed by atoms with Crippen molar-refractivity contribution in [1.29, 1.82) is 0 Å². The first-order chi connectivity index (χ1) is 13.0. The topological polar surface area (TPSA) is 91.5 Å². The highest BCUT2D eigenvalue weighted by atomic mass is 32.2. The summed E-state index contributed by atoms with van der Waals surface area (Å²) in [6.07, 6.45) is 1.83. The molecule has 4 rings (SSSR count). The number of H-pyrrole nitrogens is 1. The predicted octanol–water partition coefficient (Wildman–Crippen LogP) is 2.44. The molecule has 140 valence electrons. The average Bonchev–Trinajstić information content (AvgIpc) is 3.16. The third kappa shape index (κ3) is 3.59. The Morgan fingerprint density at radius 2 is 1.89 bits per heavy atom. The van der Waals surface area contributed by atoms with Crippen LogP contribution in [0.25, 0.3) is 10.9 Å². The number of ether oxygens (including phenoxy) is 1. The summed E-state index contributed by atoms with van der Waals surface area (Å²) in [6.45, 7) is 1.38. The van der Waals surface area contributed by atoms with Crippen LogP contribution in [0.3, 0.4) is 0 Å². The van der Waals surface area contributed by atoms with E-state index in [4.69, 9.17) is 4.74 Å². The monoisotopic (exact) mass is 385 g/mol. The summed E-state index contributed by atoms with van der Waals surface area (Å²) in [7, 11) is -3.64. The van der Waals surface area contributed by atoms with Crippen molar-refractivity contribution < 1.29 is 17.9 Å². The van der Waals surface area contributed by atoms with E-state index in [0.717, 1.165) is 10.9 Å². The molecule has 7 nitrogen and oxygen atoms in total. The molecule has 1 amide bonds. The van der Waals surface area contributed by atoms with Gasteiger partial charge in [-0.2, -0.15) is 4.31 Å². The Bertz CT molecular complexity index is 1090. The molecule has 3 aromatic rings. The number of aromatic amines is 1. The number of aromatic nitrogens is 1. The second-order valence-electron chi connectivity index (χ2n) is 6.28. The van der Waals surface area contributed by atoms with Gasteiger partial charge in [-0.3, -0.25) is 4.79 Å². The van der Waals surface area contributed by atoms with Gasteiger partial charge in [-0.1, -0.05) is 6.07 Å². The Morgan fingerprint density at radius 3 is 2.70 bits per heavy atom. The molecule has 2 aromatic carbocycles. The number of sulfonamides is 1. The van der Waals surface area contributed by atoms with E-state index in [1.165, 1.54) is 16.4 Å². The van der Waals surface area contributed by atoms with Crippen LogP contribution in [0.5, 0.6) is 0 Å². The van der Waals surface area contributed by atoms with Crippen LogP contribution in [-0.2, 0) is 14.8 Å². The normalized spacial score (nSPS) is 15.7. The maximum absolute atomic E-state index is 12.8. The van der Waals surface area contributed by atoms with Crippen LogP contribution in [0.1, 0.15) is 10.4 Å². The predicted molar refractivity (Wildman–Crippen MR) is 102 cm³/mol. The second-order valence-corrected chi connectivity index (χ2v) is 8.22. The smallest absolute Gasteiger partial charge is 0.255 e. The first-order valence-electron chi connectivity index (χ1n) is 8.60. The van der Waals surface area contributed by atoms with E-state index in [9.17, 15) is 13.2 Å². The molecule has 0 aliphatic carbocycles. The largest absolute Gasteiger partial charge is 0.379 e. The van der Waals surface area contributed by atoms with Crippen LogP contribution in [0, 0.1) is 0 Å². The van der Waals surface area contributed by atoms with Gasteiger partial charge >= 0.3 is 0 Å². The van der Waals surface area contributed by atoms with E-state index in [1.807, 2.05) is 24.4 Å². The first kappa shape index (κ1) is 17.7. The van der Waals surface area contributed by atoms with Crippen molar-refractivity contribution in [2.45, 2.75) is 4.90 Å². The molecule has 0 bridgehead atoms. The van der Waals surface area contributed by atoms with Gasteiger partial charge in [-0.15, -0.1) is 0 Å². The lowest BCUT2D eigenvalue weighted by Crippen LogP contribution is -2.40. The van der Waals surface area contributed by atoms with Gasteiger partial charge in [0, 0.05) is 41.4 Å². The molecule has 8 heteroatoms. The number of benzene rings is 2. The fourth-order valence-electron chi connectivity index (χ4n) is 3.07. The van der Waals surface area contributed by atoms with E-state index < -0.39 is 10.0 Å². The second kappa shape index (κ2) is 7.15. The number of fused-ring (bicyclic) bond motifs is 1. The highest BCUT2D eigenvalue weighted by Crippen LogP contribution is 2.21. The van der Waals surface area contributed by atoms with E-state index in [-0.39, 0.29) is 10.8 Å². The van der Waals surface area contributed by atoms with Crippen molar-refractivity contribution in [3.8, 4) is 0 Å². The Labute approximate surface area is 157 Å². The van der Waals surface area contributed by atoms with E-state index in [2.05, 4.69) is 10.3 Å². The SMILES string of the molecule is O=C(Nc1ccc2[nH]ccc2c1)c1cccc(S(=O)(=O)N2CCOCC2)c1. The highest BCUT2D eigenvalue weighted by Gasteiger charge is 2.26. The summed E-state index contributed by atoms with van der Waals surface area (Å²) in [4.78, 5) is 15.8. The molecule has 0 unspecified atom stereocenters. The van der Waals surface area contributed by atoms with Crippen LogP contribution < -0.4 is 5.32 Å². The van der Waals surface area contributed by atoms with Gasteiger partial charge in [0.1, 0.15) is 0 Å². The van der Waals surface area contributed by atoms with E-state index >= 15 is 0 Å². The van der Waals surface area contributed by atoms with Gasteiger partial charge in [0.25, 0.3) is 5.91 Å². The molecule has 2 heterocycles. The van der Waals surface area contributed by atoms with Crippen molar-refractivity contribution in [3.05, 3.63) is 60.3 Å². The fourth-order valence-corrected chi connectivity index (χ4v) is 4.52. The molecule has 0 saturated carbocycles. The van der Waals surface area contributed by atoms with Crippen molar-refractivity contribution in [2.75, 3.05) is 31.6 Å². The van der Waals surface area contributed by atoms with E-state index in [1.54, 1.807) is 18.2 Å². The van der Waals surface area contributed by atoms with E-state index in [0.29, 0.717) is 37.6 Å². The minimum Gasteiger partial charge on any atom is -0.379 e. The van der Waals surface area contributed by atoms with Gasteiger partial charge in [0.2, 0.25) is 10.0 Å². The number of anilines is 1. The Kier molecular flexibility index (Phi) is 4.69. The summed E-state index contributed by atoms with van der Waals surface area (Å²) in [5, 5.41) is 3.80. The van der Waals surface area contributed by atoms with Gasteiger partial charge in [0.05, 0.1) is 18.1 Å². The molecule has 1 aliphatic rings. The zero-order valence-electron chi connectivity index (χ0n) is 14.5. The first-order valence-corrected chi connectivity index (χ1v) is 10.0. The summed E-state index contributed by atoms with van der Waals surface area (Å²) in [6, 6.07) is 13.6. The number of nitrogens with zero attached hydrogens (tertiary/aromatic N) is 1. The minimum absolute atomic E-state index is 0.109. The van der Waals surface area contributed by atoms with Crippen molar-refractivity contribution in [1.82, 2.24) is 9.29 Å². The van der Waals surface area contributed by atoms with Crippen LogP contribution in [0.4, 0.5) is 5.69 Å². The van der Waals surface area contributed by atoms with Gasteiger partial charge in [0.15, 0.2) is 0 Å². The van der Waals surface area contributed by atoms with Gasteiger partial charge in [-0.25, -0.2) is 8.42 Å². The van der Waals surface area contributed by atoms with Gasteiger partial charge < -0.3 is 15.0 Å². The average molecular weight is 385 g/mol. The summed E-state index contributed by atoms with van der Waals surface area (Å²) in [5.74, 6) is -0.357. The molecule has 1 saturated heterocycles. The summed E-state index contributed by atoms with van der Waals surface area (Å²) < 4.78 is 32.1. The molecule has 0 atom stereocenters. The zero-order chi connectivity index (χ0) is 18.9. The molecular weight excluding hydrogens is 366 g/mol. The Hall–Kier alpha value is -2.68. The molecule has 0 radical (unpaired) electrons. The molecule has 1 aromatic heterocycles. The number of morpholine rings is 1. The lowest BCUT2D eigenvalue weighted by atomic mass is 10.2. The number of rotatable bonds is 4. The number of hydrogen-bond donors (Lipinski definition) is 2. The maximum Gasteiger partial charge on any atom is 0.255 e. The van der Waals surface area contributed by atoms with Crippen molar-refractivity contribution >= 4 is 32.5 Å². The third-order valence-electron chi connectivity index (χ3n) is 4.52. The molecule has 0 spiro atoms. The van der Waals surface area contributed by atoms with Crippen LogP contribution in [-0.4, -0.2) is 49.9 Å². The number of amides is 1. The van der Waals surface area contributed by atoms with Crippen LogP contribution in [0.2, 0.25) is 0 Å². The lowest BCUT2D eigenvalue weighted by molar-refractivity contribution is 0.0730.